The summed E-state index contributed by atoms with van der Waals surface area (Å²) >= 11 is 0. The predicted molar refractivity (Wildman–Crippen MR) is 61.3 cm³/mol. The zero-order chi connectivity index (χ0) is 12.3. The van der Waals surface area contributed by atoms with Crippen LogP contribution in [0, 0.1) is 12.8 Å². The molecule has 0 aliphatic heterocycles. The average Bonchev–Trinajstić information content (AvgIpc) is 2.61. The van der Waals surface area contributed by atoms with Crippen LogP contribution in [0.5, 0.6) is 0 Å². The highest BCUT2D eigenvalue weighted by Crippen LogP contribution is 2.13. The number of H-pyrrole nitrogens is 1. The summed E-state index contributed by atoms with van der Waals surface area (Å²) in [5.41, 5.74) is 6.04. The second-order valence-electron chi connectivity index (χ2n) is 4.07. The number of hydrogen-bond acceptors (Lipinski definition) is 4. The molecule has 16 heavy (non-hydrogen) atoms. The van der Waals surface area contributed by atoms with Crippen LogP contribution in [0.2, 0.25) is 0 Å². The van der Waals surface area contributed by atoms with E-state index in [-0.39, 0.29) is 23.4 Å². The van der Waals surface area contributed by atoms with Gasteiger partial charge in [-0.25, -0.2) is 13.1 Å². The van der Waals surface area contributed by atoms with Crippen LogP contribution in [0.1, 0.15) is 19.5 Å². The Balaban J connectivity index is 2.92. The summed E-state index contributed by atoms with van der Waals surface area (Å²) in [7, 11) is -3.53. The molecule has 0 aliphatic carbocycles. The number of nitrogens with zero attached hydrogens (tertiary/aromatic N) is 1. The summed E-state index contributed by atoms with van der Waals surface area (Å²) in [4.78, 5) is 0.173. The minimum absolute atomic E-state index is 0.145. The molecule has 1 atom stereocenters. The number of nitrogens with one attached hydrogen (secondary N) is 2. The first-order valence-corrected chi connectivity index (χ1v) is 6.59. The molecule has 0 saturated carbocycles. The van der Waals surface area contributed by atoms with Crippen molar-refractivity contribution in [3.63, 3.8) is 0 Å². The van der Waals surface area contributed by atoms with Crippen LogP contribution in [0.3, 0.4) is 0 Å². The molecule has 0 spiro atoms. The Labute approximate surface area is 95.7 Å². The van der Waals surface area contributed by atoms with E-state index in [1.807, 2.05) is 13.8 Å². The molecule has 0 amide bonds. The standard InChI is InChI=1S/C9H18N4O2S/c1-6(2)8(4-10)13-16(14,15)9-5-11-12-7(9)3/h5-6,8,13H,4,10H2,1-3H3,(H,11,12). The van der Waals surface area contributed by atoms with Gasteiger partial charge in [0.1, 0.15) is 4.90 Å². The van der Waals surface area contributed by atoms with Crippen molar-refractivity contribution in [2.75, 3.05) is 6.54 Å². The van der Waals surface area contributed by atoms with Crippen molar-refractivity contribution in [1.29, 1.82) is 0 Å². The number of nitrogens with two attached hydrogens (primary N) is 1. The van der Waals surface area contributed by atoms with E-state index >= 15 is 0 Å². The van der Waals surface area contributed by atoms with Gasteiger partial charge in [0, 0.05) is 12.6 Å². The Morgan fingerprint density at radius 2 is 2.19 bits per heavy atom. The normalized spacial score (nSPS) is 14.3. The molecule has 0 radical (unpaired) electrons. The molecule has 0 aromatic carbocycles. The second kappa shape index (κ2) is 4.94. The Morgan fingerprint density at radius 1 is 1.56 bits per heavy atom. The number of rotatable bonds is 5. The van der Waals surface area contributed by atoms with Gasteiger partial charge in [-0.2, -0.15) is 5.10 Å². The van der Waals surface area contributed by atoms with Crippen molar-refractivity contribution >= 4 is 10.0 Å². The van der Waals surface area contributed by atoms with Crippen molar-refractivity contribution in [3.8, 4) is 0 Å². The number of aryl methyl sites for hydroxylation is 1. The highest BCUT2D eigenvalue weighted by Gasteiger charge is 2.23. The molecule has 0 saturated heterocycles. The fourth-order valence-electron chi connectivity index (χ4n) is 1.33. The molecule has 6 nitrogen and oxygen atoms in total. The van der Waals surface area contributed by atoms with Gasteiger partial charge in [0.05, 0.1) is 11.9 Å². The van der Waals surface area contributed by atoms with Crippen molar-refractivity contribution in [2.45, 2.75) is 31.7 Å². The topological polar surface area (TPSA) is 101 Å². The second-order valence-corrected chi connectivity index (χ2v) is 5.75. The van der Waals surface area contributed by atoms with E-state index in [4.69, 9.17) is 5.73 Å². The largest absolute Gasteiger partial charge is 0.329 e. The molecular weight excluding hydrogens is 228 g/mol. The number of aromatic amines is 1. The molecular formula is C9H18N4O2S. The van der Waals surface area contributed by atoms with E-state index in [0.717, 1.165) is 0 Å². The number of sulfonamides is 1. The van der Waals surface area contributed by atoms with E-state index in [9.17, 15) is 8.42 Å². The summed E-state index contributed by atoms with van der Waals surface area (Å²) < 4.78 is 26.5. The van der Waals surface area contributed by atoms with Crippen molar-refractivity contribution in [1.82, 2.24) is 14.9 Å². The van der Waals surface area contributed by atoms with E-state index in [1.54, 1.807) is 6.92 Å². The Bertz CT molecular complexity index is 438. The third kappa shape index (κ3) is 2.81. The van der Waals surface area contributed by atoms with Gasteiger partial charge in [-0.1, -0.05) is 13.8 Å². The predicted octanol–water partition coefficient (Wildman–Crippen LogP) is -0.0203. The average molecular weight is 246 g/mol. The van der Waals surface area contributed by atoms with E-state index in [1.165, 1.54) is 6.20 Å². The van der Waals surface area contributed by atoms with Crippen LogP contribution >= 0.6 is 0 Å². The van der Waals surface area contributed by atoms with Gasteiger partial charge < -0.3 is 5.73 Å². The summed E-state index contributed by atoms with van der Waals surface area (Å²) in [5.74, 6) is 0.145. The molecule has 1 rings (SSSR count). The molecule has 0 aliphatic rings. The van der Waals surface area contributed by atoms with E-state index in [0.29, 0.717) is 5.69 Å². The van der Waals surface area contributed by atoms with Crippen LogP contribution in [0.25, 0.3) is 0 Å². The summed E-state index contributed by atoms with van der Waals surface area (Å²) in [6.45, 7) is 5.77. The molecule has 1 aromatic rings. The minimum atomic E-state index is -3.53. The van der Waals surface area contributed by atoms with Crippen LogP contribution in [-0.4, -0.2) is 31.2 Å². The Hall–Kier alpha value is -0.920. The molecule has 1 aromatic heterocycles. The maximum Gasteiger partial charge on any atom is 0.244 e. The van der Waals surface area contributed by atoms with E-state index < -0.39 is 10.0 Å². The van der Waals surface area contributed by atoms with Gasteiger partial charge in [-0.05, 0) is 12.8 Å². The van der Waals surface area contributed by atoms with Crippen molar-refractivity contribution < 1.29 is 8.42 Å². The molecule has 7 heteroatoms. The lowest BCUT2D eigenvalue weighted by Gasteiger charge is -2.20. The lowest BCUT2D eigenvalue weighted by Crippen LogP contribution is -2.43. The first-order chi connectivity index (χ1) is 7.38. The van der Waals surface area contributed by atoms with Crippen LogP contribution in [-0.2, 0) is 10.0 Å². The molecule has 1 heterocycles. The van der Waals surface area contributed by atoms with Crippen LogP contribution in [0.4, 0.5) is 0 Å². The highest BCUT2D eigenvalue weighted by atomic mass is 32.2. The third-order valence-corrected chi connectivity index (χ3v) is 4.04. The summed E-state index contributed by atoms with van der Waals surface area (Å²) in [6.07, 6.45) is 1.30. The van der Waals surface area contributed by atoms with Gasteiger partial charge in [-0.3, -0.25) is 5.10 Å². The number of aromatic nitrogens is 2. The first kappa shape index (κ1) is 13.1. The smallest absolute Gasteiger partial charge is 0.244 e. The SMILES string of the molecule is Cc1[nH]ncc1S(=O)(=O)NC(CN)C(C)C. The van der Waals surface area contributed by atoms with Gasteiger partial charge >= 0.3 is 0 Å². The third-order valence-electron chi connectivity index (χ3n) is 2.44. The van der Waals surface area contributed by atoms with E-state index in [2.05, 4.69) is 14.9 Å². The summed E-state index contributed by atoms with van der Waals surface area (Å²) in [5, 5.41) is 6.29. The fraction of sp³-hybridized carbons (Fsp3) is 0.667. The van der Waals surface area contributed by atoms with Crippen LogP contribution < -0.4 is 10.5 Å². The molecule has 92 valence electrons. The number of hydrogen-bond donors (Lipinski definition) is 3. The molecule has 4 N–H and O–H groups in total. The maximum atomic E-state index is 12.0. The molecule has 0 fully saturated rings. The highest BCUT2D eigenvalue weighted by molar-refractivity contribution is 7.89. The molecule has 1 unspecified atom stereocenters. The Kier molecular flexibility index (Phi) is 4.06. The first-order valence-electron chi connectivity index (χ1n) is 5.11. The maximum absolute atomic E-state index is 12.0. The zero-order valence-corrected chi connectivity index (χ0v) is 10.5. The lowest BCUT2D eigenvalue weighted by molar-refractivity contribution is 0.454. The monoisotopic (exact) mass is 246 g/mol. The van der Waals surface area contributed by atoms with Crippen molar-refractivity contribution in [2.24, 2.45) is 11.7 Å². The zero-order valence-electron chi connectivity index (χ0n) is 9.69. The van der Waals surface area contributed by atoms with Crippen LogP contribution in [0.15, 0.2) is 11.1 Å². The van der Waals surface area contributed by atoms with Gasteiger partial charge in [-0.15, -0.1) is 0 Å². The van der Waals surface area contributed by atoms with Gasteiger partial charge in [0.25, 0.3) is 0 Å². The quantitative estimate of drug-likeness (QED) is 0.679. The Morgan fingerprint density at radius 3 is 2.56 bits per heavy atom. The van der Waals surface area contributed by atoms with Crippen molar-refractivity contribution in [3.05, 3.63) is 11.9 Å². The fourth-order valence-corrected chi connectivity index (χ4v) is 2.86. The van der Waals surface area contributed by atoms with Gasteiger partial charge in [0.2, 0.25) is 10.0 Å². The molecule has 0 bridgehead atoms. The van der Waals surface area contributed by atoms with Gasteiger partial charge in [0.15, 0.2) is 0 Å². The lowest BCUT2D eigenvalue weighted by atomic mass is 10.1. The minimum Gasteiger partial charge on any atom is -0.329 e. The summed E-state index contributed by atoms with van der Waals surface area (Å²) in [6, 6.07) is -0.265.